The molecule has 3 rings (SSSR count). The fraction of sp³-hybridized carbons (Fsp3) is 0. The molecule has 2 heteroatoms. The molecule has 0 atom stereocenters. The molecule has 0 N–H and O–H groups in total. The second-order valence-electron chi connectivity index (χ2n) is 4.84. The Bertz CT molecular complexity index is 817. The van der Waals surface area contributed by atoms with Gasteiger partial charge in [-0.05, 0) is 22.3 Å². The van der Waals surface area contributed by atoms with Crippen molar-refractivity contribution in [1.29, 1.82) is 0 Å². The zero-order valence-corrected chi connectivity index (χ0v) is 11.8. The summed E-state index contributed by atoms with van der Waals surface area (Å²) in [5.74, 6) is 0. The maximum atomic E-state index is 7.26. The maximum Gasteiger partial charge on any atom is 0.194 e. The third-order valence-electron chi connectivity index (χ3n) is 3.56. The van der Waals surface area contributed by atoms with E-state index in [1.54, 1.807) is 0 Å². The summed E-state index contributed by atoms with van der Waals surface area (Å²) in [6.07, 6.45) is 0. The first-order valence-electron chi connectivity index (χ1n) is 6.87. The van der Waals surface area contributed by atoms with Crippen LogP contribution in [-0.2, 0) is 0 Å². The van der Waals surface area contributed by atoms with E-state index in [0.717, 1.165) is 22.3 Å². The van der Waals surface area contributed by atoms with Crippen LogP contribution in [0, 0.1) is 13.1 Å². The molecule has 3 aromatic rings. The average molecular weight is 280 g/mol. The molecule has 0 aliphatic carbocycles. The normalized spacial score (nSPS) is 9.73. The van der Waals surface area contributed by atoms with Crippen molar-refractivity contribution < 1.29 is 0 Å². The number of rotatable bonds is 2. The Morgan fingerprint density at radius 3 is 1.23 bits per heavy atom. The van der Waals surface area contributed by atoms with Gasteiger partial charge < -0.3 is 0 Å². The van der Waals surface area contributed by atoms with E-state index in [1.807, 2.05) is 72.8 Å². The van der Waals surface area contributed by atoms with Crippen LogP contribution in [0.2, 0.25) is 0 Å². The lowest BCUT2D eigenvalue weighted by Gasteiger charge is -2.07. The third kappa shape index (κ3) is 2.46. The fourth-order valence-corrected chi connectivity index (χ4v) is 2.46. The molecular weight excluding hydrogens is 268 g/mol. The number of benzene rings is 3. The van der Waals surface area contributed by atoms with Gasteiger partial charge in [-0.1, -0.05) is 72.8 Å². The summed E-state index contributed by atoms with van der Waals surface area (Å²) in [6.45, 7) is 14.5. The second kappa shape index (κ2) is 5.95. The second-order valence-corrected chi connectivity index (χ2v) is 4.84. The Morgan fingerprint density at radius 2 is 0.864 bits per heavy atom. The monoisotopic (exact) mass is 280 g/mol. The highest BCUT2D eigenvalue weighted by Crippen LogP contribution is 2.34. The first-order valence-corrected chi connectivity index (χ1v) is 6.87. The molecule has 0 spiro atoms. The molecule has 22 heavy (non-hydrogen) atoms. The molecule has 102 valence electrons. The lowest BCUT2D eigenvalue weighted by atomic mass is 9.98. The predicted octanol–water partition coefficient (Wildman–Crippen LogP) is 6.12. The van der Waals surface area contributed by atoms with Crippen LogP contribution >= 0.6 is 0 Å². The minimum atomic E-state index is 0.650. The predicted molar refractivity (Wildman–Crippen MR) is 89.8 cm³/mol. The highest BCUT2D eigenvalue weighted by molar-refractivity contribution is 5.82. The van der Waals surface area contributed by atoms with Crippen molar-refractivity contribution in [3.8, 4) is 22.3 Å². The number of hydrogen-bond donors (Lipinski definition) is 0. The van der Waals surface area contributed by atoms with Crippen molar-refractivity contribution >= 4 is 11.4 Å². The van der Waals surface area contributed by atoms with E-state index in [-0.39, 0.29) is 0 Å². The molecule has 0 aliphatic heterocycles. The zero-order chi connectivity index (χ0) is 15.4. The van der Waals surface area contributed by atoms with Gasteiger partial charge in [0.1, 0.15) is 0 Å². The van der Waals surface area contributed by atoms with Gasteiger partial charge in [0.05, 0.1) is 13.1 Å². The molecule has 0 aromatic heterocycles. The van der Waals surface area contributed by atoms with Crippen LogP contribution in [0.5, 0.6) is 0 Å². The number of para-hydroxylation sites is 2. The lowest BCUT2D eigenvalue weighted by Crippen LogP contribution is -1.81. The molecular formula is C20H12N2. The van der Waals surface area contributed by atoms with Crippen molar-refractivity contribution in [2.24, 2.45) is 0 Å². The Kier molecular flexibility index (Phi) is 3.69. The van der Waals surface area contributed by atoms with E-state index in [4.69, 9.17) is 13.1 Å². The zero-order valence-electron chi connectivity index (χ0n) is 11.8. The maximum absolute atomic E-state index is 7.26. The van der Waals surface area contributed by atoms with Crippen LogP contribution in [0.25, 0.3) is 31.9 Å². The molecule has 0 bridgehead atoms. The quantitative estimate of drug-likeness (QED) is 0.500. The minimum Gasteiger partial charge on any atom is -0.238 e. The lowest BCUT2D eigenvalue weighted by molar-refractivity contribution is 1.60. The van der Waals surface area contributed by atoms with Crippen LogP contribution in [0.3, 0.4) is 0 Å². The number of hydrogen-bond acceptors (Lipinski definition) is 0. The SMILES string of the molecule is [C-]#[N+]c1ccccc1-c1ccc(-c2ccccc2[N+]#[C-])cc1. The summed E-state index contributed by atoms with van der Waals surface area (Å²) in [6, 6.07) is 23.2. The van der Waals surface area contributed by atoms with E-state index in [9.17, 15) is 0 Å². The molecule has 0 aliphatic rings. The van der Waals surface area contributed by atoms with Gasteiger partial charge in [0.25, 0.3) is 0 Å². The van der Waals surface area contributed by atoms with Crippen molar-refractivity contribution in [2.45, 2.75) is 0 Å². The highest BCUT2D eigenvalue weighted by atomic mass is 14.6. The Morgan fingerprint density at radius 1 is 0.500 bits per heavy atom. The van der Waals surface area contributed by atoms with Gasteiger partial charge in [0.2, 0.25) is 0 Å². The van der Waals surface area contributed by atoms with Gasteiger partial charge in [-0.15, -0.1) is 0 Å². The van der Waals surface area contributed by atoms with Crippen LogP contribution in [0.4, 0.5) is 11.4 Å². The van der Waals surface area contributed by atoms with Gasteiger partial charge in [0, 0.05) is 0 Å². The van der Waals surface area contributed by atoms with Crippen LogP contribution in [0.1, 0.15) is 0 Å². The van der Waals surface area contributed by atoms with Crippen LogP contribution in [-0.4, -0.2) is 0 Å². The molecule has 0 unspecified atom stereocenters. The van der Waals surface area contributed by atoms with Gasteiger partial charge in [-0.2, -0.15) is 0 Å². The van der Waals surface area contributed by atoms with Gasteiger partial charge in [-0.25, -0.2) is 9.69 Å². The summed E-state index contributed by atoms with van der Waals surface area (Å²) in [5, 5.41) is 0. The smallest absolute Gasteiger partial charge is 0.194 e. The van der Waals surface area contributed by atoms with Gasteiger partial charge in [0.15, 0.2) is 11.4 Å². The summed E-state index contributed by atoms with van der Waals surface area (Å²) in [7, 11) is 0. The summed E-state index contributed by atoms with van der Waals surface area (Å²) in [5.41, 5.74) is 5.19. The molecule has 2 nitrogen and oxygen atoms in total. The average Bonchev–Trinajstić information content (AvgIpc) is 2.62. The van der Waals surface area contributed by atoms with Crippen LogP contribution in [0.15, 0.2) is 72.8 Å². The topological polar surface area (TPSA) is 8.72 Å². The highest BCUT2D eigenvalue weighted by Gasteiger charge is 2.06. The van der Waals surface area contributed by atoms with Crippen molar-refractivity contribution in [3.63, 3.8) is 0 Å². The molecule has 0 heterocycles. The standard InChI is InChI=1S/C20H12N2/c1-21-19-9-5-3-7-17(19)15-11-13-16(14-12-15)18-8-4-6-10-20(18)22-2/h3-14H. The van der Waals surface area contributed by atoms with Gasteiger partial charge >= 0.3 is 0 Å². The molecule has 0 radical (unpaired) electrons. The van der Waals surface area contributed by atoms with Crippen molar-refractivity contribution in [3.05, 3.63) is 95.6 Å². The molecule has 0 amide bonds. The Labute approximate surface area is 129 Å². The molecule has 0 fully saturated rings. The summed E-state index contributed by atoms with van der Waals surface area (Å²) < 4.78 is 0. The van der Waals surface area contributed by atoms with E-state index < -0.39 is 0 Å². The first-order chi connectivity index (χ1) is 10.8. The molecule has 0 saturated heterocycles. The first kappa shape index (κ1) is 13.6. The molecule has 0 saturated carbocycles. The van der Waals surface area contributed by atoms with E-state index >= 15 is 0 Å². The summed E-state index contributed by atoms with van der Waals surface area (Å²) >= 11 is 0. The van der Waals surface area contributed by atoms with E-state index in [1.165, 1.54) is 0 Å². The Hall–Kier alpha value is -3.36. The minimum absolute atomic E-state index is 0.650. The summed E-state index contributed by atoms with van der Waals surface area (Å²) in [4.78, 5) is 7.13. The van der Waals surface area contributed by atoms with E-state index in [0.29, 0.717) is 11.4 Å². The van der Waals surface area contributed by atoms with Crippen LogP contribution < -0.4 is 0 Å². The Balaban J connectivity index is 2.04. The van der Waals surface area contributed by atoms with Crippen molar-refractivity contribution in [1.82, 2.24) is 0 Å². The fourth-order valence-electron chi connectivity index (χ4n) is 2.46. The third-order valence-corrected chi connectivity index (χ3v) is 3.56. The van der Waals surface area contributed by atoms with Gasteiger partial charge in [-0.3, -0.25) is 0 Å². The number of nitrogens with zero attached hydrogens (tertiary/aromatic N) is 2. The van der Waals surface area contributed by atoms with E-state index in [2.05, 4.69) is 9.69 Å². The largest absolute Gasteiger partial charge is 0.238 e. The van der Waals surface area contributed by atoms with Crippen molar-refractivity contribution in [2.75, 3.05) is 0 Å². The molecule has 3 aromatic carbocycles.